The Kier molecular flexibility index (Phi) is 6.41. The Balaban J connectivity index is 1.62. The summed E-state index contributed by atoms with van der Waals surface area (Å²) in [6.07, 6.45) is 0.374. The van der Waals surface area contributed by atoms with Crippen molar-refractivity contribution in [1.29, 1.82) is 0 Å². The van der Waals surface area contributed by atoms with E-state index in [2.05, 4.69) is 15.0 Å². The Morgan fingerprint density at radius 3 is 2.41 bits per heavy atom. The highest BCUT2D eigenvalue weighted by molar-refractivity contribution is 7.92. The fourth-order valence-electron chi connectivity index (χ4n) is 2.36. The molecule has 0 aliphatic heterocycles. The van der Waals surface area contributed by atoms with Crippen LogP contribution in [-0.2, 0) is 14.8 Å². The number of thiazole rings is 1. The molecule has 2 N–H and O–H groups in total. The molecule has 0 aliphatic carbocycles. The molecule has 2 aromatic carbocycles. The highest BCUT2D eigenvalue weighted by Gasteiger charge is 2.17. The van der Waals surface area contributed by atoms with E-state index in [4.69, 9.17) is 16.3 Å². The van der Waals surface area contributed by atoms with Gasteiger partial charge in [-0.05, 0) is 43.3 Å². The number of halogens is 1. The number of anilines is 2. The average Bonchev–Trinajstić information content (AvgIpc) is 3.11. The monoisotopic (exact) mass is 451 g/mol. The van der Waals surface area contributed by atoms with E-state index >= 15 is 0 Å². The number of nitrogens with one attached hydrogen (secondary N) is 2. The number of sulfonamides is 1. The minimum Gasteiger partial charge on any atom is -0.481 e. The smallest absolute Gasteiger partial charge is 0.266 e. The maximum absolute atomic E-state index is 12.3. The summed E-state index contributed by atoms with van der Waals surface area (Å²) in [4.78, 5) is 16.7. The van der Waals surface area contributed by atoms with Gasteiger partial charge in [0.05, 0.1) is 11.9 Å². The number of benzene rings is 2. The van der Waals surface area contributed by atoms with Gasteiger partial charge in [-0.1, -0.05) is 23.7 Å². The second kappa shape index (κ2) is 8.81. The molecule has 0 saturated heterocycles. The fraction of sp³-hybridized carbons (Fsp3) is 0.158. The lowest BCUT2D eigenvalue weighted by Crippen LogP contribution is -2.30. The predicted octanol–water partition coefficient (Wildman–Crippen LogP) is 4.24. The number of carbonyl (C=O) groups excluding carboxylic acids is 1. The molecule has 0 aliphatic rings. The van der Waals surface area contributed by atoms with Crippen LogP contribution in [0.2, 0.25) is 5.02 Å². The van der Waals surface area contributed by atoms with E-state index < -0.39 is 16.1 Å². The first kappa shape index (κ1) is 21.1. The Morgan fingerprint density at radius 2 is 1.79 bits per heavy atom. The summed E-state index contributed by atoms with van der Waals surface area (Å²) < 4.78 is 30.5. The number of rotatable bonds is 7. The summed E-state index contributed by atoms with van der Waals surface area (Å²) in [5, 5.41) is 5.56. The van der Waals surface area contributed by atoms with Gasteiger partial charge in [-0.2, -0.15) is 0 Å². The maximum atomic E-state index is 12.3. The molecule has 1 amide bonds. The van der Waals surface area contributed by atoms with Gasteiger partial charge in [0.1, 0.15) is 5.75 Å². The van der Waals surface area contributed by atoms with Crippen LogP contribution >= 0.6 is 22.9 Å². The minimum atomic E-state index is -3.33. The van der Waals surface area contributed by atoms with Crippen molar-refractivity contribution in [3.05, 3.63) is 58.9 Å². The van der Waals surface area contributed by atoms with Crippen molar-refractivity contribution < 1.29 is 17.9 Å². The number of nitrogens with zero attached hydrogens (tertiary/aromatic N) is 1. The van der Waals surface area contributed by atoms with Crippen molar-refractivity contribution in [1.82, 2.24) is 4.98 Å². The van der Waals surface area contributed by atoms with E-state index in [9.17, 15) is 13.2 Å². The molecule has 10 heteroatoms. The van der Waals surface area contributed by atoms with Crippen molar-refractivity contribution in [2.75, 3.05) is 16.3 Å². The van der Waals surface area contributed by atoms with Crippen LogP contribution in [-0.4, -0.2) is 31.7 Å². The normalized spacial score (nSPS) is 12.2. The van der Waals surface area contributed by atoms with E-state index in [1.165, 1.54) is 11.3 Å². The fourth-order valence-corrected chi connectivity index (χ4v) is 3.78. The molecule has 1 unspecified atom stereocenters. The quantitative estimate of drug-likeness (QED) is 0.559. The second-order valence-electron chi connectivity index (χ2n) is 6.19. The third-order valence-corrected chi connectivity index (χ3v) is 5.33. The van der Waals surface area contributed by atoms with Gasteiger partial charge in [0.2, 0.25) is 10.0 Å². The third kappa shape index (κ3) is 6.18. The summed E-state index contributed by atoms with van der Waals surface area (Å²) in [5.41, 5.74) is 1.93. The third-order valence-electron chi connectivity index (χ3n) is 3.71. The minimum absolute atomic E-state index is 0.325. The highest BCUT2D eigenvalue weighted by atomic mass is 35.5. The number of aromatic nitrogens is 1. The summed E-state index contributed by atoms with van der Waals surface area (Å²) in [6, 6.07) is 13.6. The average molecular weight is 452 g/mol. The zero-order valence-electron chi connectivity index (χ0n) is 15.5. The number of amides is 1. The summed E-state index contributed by atoms with van der Waals surface area (Å²) in [7, 11) is -3.33. The van der Waals surface area contributed by atoms with Crippen LogP contribution in [0.4, 0.5) is 10.8 Å². The summed E-state index contributed by atoms with van der Waals surface area (Å²) in [6.45, 7) is 1.64. The van der Waals surface area contributed by atoms with Gasteiger partial charge in [-0.25, -0.2) is 13.4 Å². The molecular weight excluding hydrogens is 434 g/mol. The lowest BCUT2D eigenvalue weighted by Gasteiger charge is -2.13. The van der Waals surface area contributed by atoms with Gasteiger partial charge in [-0.15, -0.1) is 11.3 Å². The van der Waals surface area contributed by atoms with E-state index in [0.717, 1.165) is 11.8 Å². The van der Waals surface area contributed by atoms with Gasteiger partial charge in [0, 0.05) is 21.7 Å². The maximum Gasteiger partial charge on any atom is 0.266 e. The van der Waals surface area contributed by atoms with Crippen LogP contribution in [0.15, 0.2) is 53.9 Å². The molecule has 0 fully saturated rings. The van der Waals surface area contributed by atoms with Crippen LogP contribution in [0.3, 0.4) is 0 Å². The zero-order valence-corrected chi connectivity index (χ0v) is 17.9. The van der Waals surface area contributed by atoms with Crippen LogP contribution in [0.1, 0.15) is 6.92 Å². The molecule has 1 heterocycles. The first-order valence-corrected chi connectivity index (χ1v) is 11.6. The van der Waals surface area contributed by atoms with Crippen molar-refractivity contribution in [2.45, 2.75) is 13.0 Å². The van der Waals surface area contributed by atoms with Gasteiger partial charge < -0.3 is 4.74 Å². The van der Waals surface area contributed by atoms with Gasteiger partial charge in [0.15, 0.2) is 11.2 Å². The van der Waals surface area contributed by atoms with E-state index in [1.807, 2.05) is 0 Å². The standard InChI is InChI=1S/C19H18ClN3O4S2/c1-12(27-16-9-5-14(20)6-10-16)18(24)22-19-21-17(11-28-19)13-3-7-15(8-4-13)23-29(2,25)26/h3-12,23H,1-2H3,(H,21,22,24). The van der Waals surface area contributed by atoms with Crippen LogP contribution in [0, 0.1) is 0 Å². The topological polar surface area (TPSA) is 97.4 Å². The lowest BCUT2D eigenvalue weighted by atomic mass is 10.1. The van der Waals surface area contributed by atoms with E-state index in [0.29, 0.717) is 27.3 Å². The molecule has 3 rings (SSSR count). The largest absolute Gasteiger partial charge is 0.481 e. The van der Waals surface area contributed by atoms with Gasteiger partial charge >= 0.3 is 0 Å². The number of carbonyl (C=O) groups is 1. The molecule has 152 valence electrons. The Bertz CT molecular complexity index is 1100. The number of hydrogen-bond donors (Lipinski definition) is 2. The Morgan fingerprint density at radius 1 is 1.14 bits per heavy atom. The molecule has 1 aromatic heterocycles. The lowest BCUT2D eigenvalue weighted by molar-refractivity contribution is -0.122. The highest BCUT2D eigenvalue weighted by Crippen LogP contribution is 2.26. The zero-order chi connectivity index (χ0) is 21.0. The number of hydrogen-bond acceptors (Lipinski definition) is 6. The SMILES string of the molecule is CC(Oc1ccc(Cl)cc1)C(=O)Nc1nc(-c2ccc(NS(C)(=O)=O)cc2)cs1. The second-order valence-corrected chi connectivity index (χ2v) is 9.24. The molecule has 0 radical (unpaired) electrons. The van der Waals surface area contributed by atoms with E-state index in [-0.39, 0.29) is 5.91 Å². The Labute approximate surface area is 177 Å². The summed E-state index contributed by atoms with van der Waals surface area (Å²) in [5.74, 6) is 0.216. The van der Waals surface area contributed by atoms with Crippen LogP contribution < -0.4 is 14.8 Å². The predicted molar refractivity (Wildman–Crippen MR) is 116 cm³/mol. The van der Waals surface area contributed by atoms with Crippen molar-refractivity contribution >= 4 is 49.7 Å². The molecule has 3 aromatic rings. The van der Waals surface area contributed by atoms with Gasteiger partial charge in [-0.3, -0.25) is 14.8 Å². The molecule has 0 saturated carbocycles. The molecule has 0 bridgehead atoms. The van der Waals surface area contributed by atoms with Crippen molar-refractivity contribution in [2.24, 2.45) is 0 Å². The summed E-state index contributed by atoms with van der Waals surface area (Å²) >= 11 is 7.12. The van der Waals surface area contributed by atoms with E-state index in [1.54, 1.807) is 60.8 Å². The van der Waals surface area contributed by atoms with Crippen LogP contribution in [0.25, 0.3) is 11.3 Å². The van der Waals surface area contributed by atoms with Gasteiger partial charge in [0.25, 0.3) is 5.91 Å². The van der Waals surface area contributed by atoms with Crippen molar-refractivity contribution in [3.63, 3.8) is 0 Å². The molecular formula is C19H18ClN3O4S2. The first-order chi connectivity index (χ1) is 13.7. The Hall–Kier alpha value is -2.62. The molecule has 0 spiro atoms. The number of ether oxygens (including phenoxy) is 1. The van der Waals surface area contributed by atoms with Crippen LogP contribution in [0.5, 0.6) is 5.75 Å². The molecule has 1 atom stereocenters. The molecule has 29 heavy (non-hydrogen) atoms. The first-order valence-electron chi connectivity index (χ1n) is 8.46. The molecule has 7 nitrogen and oxygen atoms in total. The van der Waals surface area contributed by atoms with Crippen molar-refractivity contribution in [3.8, 4) is 17.0 Å².